The third-order valence-corrected chi connectivity index (χ3v) is 4.69. The molecule has 0 spiro atoms. The summed E-state index contributed by atoms with van der Waals surface area (Å²) in [6.45, 7) is 8.15. The van der Waals surface area contributed by atoms with Gasteiger partial charge in [-0.05, 0) is 33.3 Å². The Bertz CT molecular complexity index is 1030. The van der Waals surface area contributed by atoms with Crippen LogP contribution in [0.1, 0.15) is 27.2 Å². The first-order chi connectivity index (χ1) is 13.3. The smallest absolute Gasteiger partial charge is 0.410 e. The van der Waals surface area contributed by atoms with Crippen LogP contribution >= 0.6 is 11.6 Å². The third-order valence-electron chi connectivity index (χ3n) is 4.48. The fraction of sp³-hybridized carbons (Fsp3) is 0.500. The van der Waals surface area contributed by atoms with Crippen LogP contribution in [0.4, 0.5) is 10.6 Å². The molecule has 1 amide bonds. The minimum Gasteiger partial charge on any atom is -0.444 e. The van der Waals surface area contributed by atoms with E-state index in [2.05, 4.69) is 20.1 Å². The van der Waals surface area contributed by atoms with Gasteiger partial charge >= 0.3 is 6.09 Å². The minimum absolute atomic E-state index is 0.287. The maximum atomic E-state index is 12.4. The van der Waals surface area contributed by atoms with Crippen molar-refractivity contribution in [1.29, 1.82) is 0 Å². The zero-order valence-electron chi connectivity index (χ0n) is 16.1. The van der Waals surface area contributed by atoms with Crippen molar-refractivity contribution in [2.45, 2.75) is 32.8 Å². The summed E-state index contributed by atoms with van der Waals surface area (Å²) in [5.41, 5.74) is 1.45. The zero-order chi connectivity index (χ0) is 19.9. The summed E-state index contributed by atoms with van der Waals surface area (Å²) >= 11 is 6.08. The number of amides is 1. The molecule has 10 heteroatoms. The van der Waals surface area contributed by atoms with Gasteiger partial charge in [0.1, 0.15) is 11.9 Å². The lowest BCUT2D eigenvalue weighted by Gasteiger charge is -2.26. The van der Waals surface area contributed by atoms with Crippen LogP contribution in [0.5, 0.6) is 0 Å². The average molecular weight is 404 g/mol. The van der Waals surface area contributed by atoms with Crippen LogP contribution < -0.4 is 4.90 Å². The van der Waals surface area contributed by atoms with Crippen molar-refractivity contribution in [2.75, 3.05) is 31.1 Å². The highest BCUT2D eigenvalue weighted by molar-refractivity contribution is 6.31. The van der Waals surface area contributed by atoms with Crippen molar-refractivity contribution in [2.24, 2.45) is 0 Å². The lowest BCUT2D eigenvalue weighted by atomic mass is 10.2. The number of anilines is 1. The number of hydrogen-bond donors (Lipinski definition) is 0. The standard InChI is InChI=1S/C18H22ClN7O2/c1-18(2,3)28-17(27)25-6-4-5-24(7-8-25)15-16-23-21-11-26(16)13-9-12(19)10-20-14(13)22-15/h9-11H,4-8H2,1-3H3. The Morgan fingerprint density at radius 1 is 1.21 bits per heavy atom. The first-order valence-electron chi connectivity index (χ1n) is 9.20. The predicted molar refractivity (Wildman–Crippen MR) is 106 cm³/mol. The molecule has 3 aromatic rings. The molecule has 0 aromatic carbocycles. The van der Waals surface area contributed by atoms with Crippen LogP contribution in [-0.2, 0) is 4.74 Å². The Balaban J connectivity index is 1.62. The molecule has 4 heterocycles. The maximum absolute atomic E-state index is 12.4. The number of carbonyl (C=O) groups is 1. The van der Waals surface area contributed by atoms with Crippen molar-refractivity contribution in [3.63, 3.8) is 0 Å². The molecule has 1 aliphatic rings. The number of pyridine rings is 1. The summed E-state index contributed by atoms with van der Waals surface area (Å²) in [4.78, 5) is 25.3. The number of nitrogens with zero attached hydrogens (tertiary/aromatic N) is 7. The molecule has 28 heavy (non-hydrogen) atoms. The van der Waals surface area contributed by atoms with Gasteiger partial charge in [0.25, 0.3) is 0 Å². The molecule has 0 aliphatic carbocycles. The number of hydrogen-bond acceptors (Lipinski definition) is 7. The quantitative estimate of drug-likeness (QED) is 0.617. The summed E-state index contributed by atoms with van der Waals surface area (Å²) in [6, 6.07) is 1.80. The summed E-state index contributed by atoms with van der Waals surface area (Å²) in [5.74, 6) is 0.700. The number of rotatable bonds is 1. The number of aromatic nitrogens is 5. The molecule has 0 bridgehead atoms. The van der Waals surface area contributed by atoms with E-state index in [1.807, 2.05) is 25.2 Å². The van der Waals surface area contributed by atoms with Gasteiger partial charge in [0.05, 0.1) is 10.5 Å². The summed E-state index contributed by atoms with van der Waals surface area (Å²) in [5, 5.41) is 8.80. The van der Waals surface area contributed by atoms with E-state index in [-0.39, 0.29) is 6.09 Å². The molecule has 1 fully saturated rings. The highest BCUT2D eigenvalue weighted by atomic mass is 35.5. The molecule has 148 valence electrons. The van der Waals surface area contributed by atoms with Gasteiger partial charge in [-0.1, -0.05) is 11.6 Å². The Kier molecular flexibility index (Phi) is 4.70. The van der Waals surface area contributed by atoms with E-state index in [0.29, 0.717) is 41.8 Å². The monoisotopic (exact) mass is 403 g/mol. The Morgan fingerprint density at radius 2 is 2.04 bits per heavy atom. The van der Waals surface area contributed by atoms with Gasteiger partial charge in [-0.3, -0.25) is 4.40 Å². The predicted octanol–water partition coefficient (Wildman–Crippen LogP) is 2.77. The SMILES string of the molecule is CC(C)(C)OC(=O)N1CCCN(c2nc3ncc(Cl)cc3n3cnnc23)CC1. The van der Waals surface area contributed by atoms with Crippen LogP contribution in [-0.4, -0.2) is 67.3 Å². The molecule has 1 saturated heterocycles. The van der Waals surface area contributed by atoms with Gasteiger partial charge in [0, 0.05) is 32.4 Å². The number of fused-ring (bicyclic) bond motifs is 3. The second kappa shape index (κ2) is 7.05. The van der Waals surface area contributed by atoms with Gasteiger partial charge in [-0.15, -0.1) is 10.2 Å². The van der Waals surface area contributed by atoms with Gasteiger partial charge in [-0.25, -0.2) is 14.8 Å². The summed E-state index contributed by atoms with van der Waals surface area (Å²) in [7, 11) is 0. The molecule has 0 atom stereocenters. The van der Waals surface area contributed by atoms with E-state index >= 15 is 0 Å². The molecular formula is C18H22ClN7O2. The van der Waals surface area contributed by atoms with Crippen LogP contribution in [0.15, 0.2) is 18.6 Å². The zero-order valence-corrected chi connectivity index (χ0v) is 16.8. The lowest BCUT2D eigenvalue weighted by molar-refractivity contribution is 0.0263. The second-order valence-corrected chi connectivity index (χ2v) is 8.20. The van der Waals surface area contributed by atoms with E-state index in [1.165, 1.54) is 0 Å². The van der Waals surface area contributed by atoms with E-state index < -0.39 is 5.60 Å². The molecule has 0 unspecified atom stereocenters. The van der Waals surface area contributed by atoms with E-state index in [4.69, 9.17) is 21.3 Å². The Labute approximate surface area is 167 Å². The molecule has 0 radical (unpaired) electrons. The second-order valence-electron chi connectivity index (χ2n) is 7.76. The molecule has 1 aliphatic heterocycles. The highest BCUT2D eigenvalue weighted by Crippen LogP contribution is 2.25. The fourth-order valence-corrected chi connectivity index (χ4v) is 3.40. The summed E-state index contributed by atoms with van der Waals surface area (Å²) < 4.78 is 7.34. The summed E-state index contributed by atoms with van der Waals surface area (Å²) in [6.07, 6.45) is 3.72. The lowest BCUT2D eigenvalue weighted by Crippen LogP contribution is -2.39. The van der Waals surface area contributed by atoms with E-state index in [9.17, 15) is 4.79 Å². The van der Waals surface area contributed by atoms with Crippen LogP contribution in [0, 0.1) is 0 Å². The number of ether oxygens (including phenoxy) is 1. The van der Waals surface area contributed by atoms with Gasteiger partial charge in [0.15, 0.2) is 11.5 Å². The van der Waals surface area contributed by atoms with Gasteiger partial charge in [-0.2, -0.15) is 0 Å². The van der Waals surface area contributed by atoms with Crippen LogP contribution in [0.25, 0.3) is 16.8 Å². The van der Waals surface area contributed by atoms with Crippen molar-refractivity contribution >= 4 is 40.3 Å². The Hall–Kier alpha value is -2.68. The molecule has 0 saturated carbocycles. The van der Waals surface area contributed by atoms with Crippen molar-refractivity contribution < 1.29 is 9.53 Å². The Morgan fingerprint density at radius 3 is 2.82 bits per heavy atom. The largest absolute Gasteiger partial charge is 0.444 e. The molecular weight excluding hydrogens is 382 g/mol. The average Bonchev–Trinajstić information content (AvgIpc) is 2.98. The third kappa shape index (κ3) is 3.66. The number of halogens is 1. The first-order valence-corrected chi connectivity index (χ1v) is 9.57. The normalized spacial score (nSPS) is 15.9. The molecule has 3 aromatic heterocycles. The van der Waals surface area contributed by atoms with E-state index in [1.54, 1.807) is 23.5 Å². The maximum Gasteiger partial charge on any atom is 0.410 e. The van der Waals surface area contributed by atoms with Crippen molar-refractivity contribution in [1.82, 2.24) is 29.5 Å². The fourth-order valence-electron chi connectivity index (χ4n) is 3.25. The van der Waals surface area contributed by atoms with Crippen molar-refractivity contribution in [3.05, 3.63) is 23.6 Å². The number of carbonyl (C=O) groups excluding carboxylic acids is 1. The van der Waals surface area contributed by atoms with Gasteiger partial charge in [0.2, 0.25) is 5.65 Å². The van der Waals surface area contributed by atoms with Crippen molar-refractivity contribution in [3.8, 4) is 0 Å². The minimum atomic E-state index is -0.510. The van der Waals surface area contributed by atoms with E-state index in [0.717, 1.165) is 18.5 Å². The molecule has 4 rings (SSSR count). The van der Waals surface area contributed by atoms with Crippen LogP contribution in [0.3, 0.4) is 0 Å². The topological polar surface area (TPSA) is 88.8 Å². The van der Waals surface area contributed by atoms with Crippen LogP contribution in [0.2, 0.25) is 5.02 Å². The van der Waals surface area contributed by atoms with Gasteiger partial charge < -0.3 is 14.5 Å². The highest BCUT2D eigenvalue weighted by Gasteiger charge is 2.26. The molecule has 9 nitrogen and oxygen atoms in total. The molecule has 0 N–H and O–H groups in total. The first kappa shape index (κ1) is 18.7.